The Hall–Kier alpha value is -1.88. The van der Waals surface area contributed by atoms with E-state index in [1.807, 2.05) is 34.8 Å². The van der Waals surface area contributed by atoms with Crippen molar-refractivity contribution in [3.05, 3.63) is 58.6 Å². The van der Waals surface area contributed by atoms with Gasteiger partial charge in [-0.05, 0) is 46.1 Å². The molecule has 0 unspecified atom stereocenters. The fourth-order valence-electron chi connectivity index (χ4n) is 2.27. The van der Waals surface area contributed by atoms with Crippen LogP contribution in [0.25, 0.3) is 5.52 Å². The number of rotatable bonds is 4. The maximum absolute atomic E-state index is 5.37. The number of aryl methyl sites for hydroxylation is 2. The van der Waals surface area contributed by atoms with Crippen molar-refractivity contribution in [2.45, 2.75) is 12.8 Å². The van der Waals surface area contributed by atoms with Crippen LogP contribution >= 0.6 is 15.9 Å². The molecule has 0 spiro atoms. The highest BCUT2D eigenvalue weighted by atomic mass is 79.9. The second-order valence-corrected chi connectivity index (χ2v) is 5.20. The van der Waals surface area contributed by atoms with Crippen LogP contribution in [0.2, 0.25) is 0 Å². The molecule has 0 aliphatic carbocycles. The Morgan fingerprint density at radius 3 is 2.85 bits per heavy atom. The smallest absolute Gasteiger partial charge is 0.134 e. The Morgan fingerprint density at radius 2 is 2.00 bits per heavy atom. The molecule has 1 aromatic carbocycles. The Morgan fingerprint density at radius 1 is 1.15 bits per heavy atom. The molecule has 0 radical (unpaired) electrons. The molecule has 2 aromatic heterocycles. The van der Waals surface area contributed by atoms with Gasteiger partial charge in [0.15, 0.2) is 0 Å². The van der Waals surface area contributed by atoms with Crippen molar-refractivity contribution >= 4 is 21.4 Å². The van der Waals surface area contributed by atoms with Crippen LogP contribution in [0.3, 0.4) is 0 Å². The molecule has 102 valence electrons. The summed E-state index contributed by atoms with van der Waals surface area (Å²) in [5.74, 6) is 1.86. The van der Waals surface area contributed by atoms with Gasteiger partial charge in [0.1, 0.15) is 16.2 Å². The number of halogens is 1. The first kappa shape index (κ1) is 13.1. The van der Waals surface area contributed by atoms with Gasteiger partial charge < -0.3 is 4.74 Å². The minimum atomic E-state index is 0.810. The van der Waals surface area contributed by atoms with Crippen molar-refractivity contribution < 1.29 is 4.74 Å². The normalized spacial score (nSPS) is 10.9. The first-order valence-corrected chi connectivity index (χ1v) is 7.19. The molecule has 0 fully saturated rings. The third kappa shape index (κ3) is 2.41. The van der Waals surface area contributed by atoms with Gasteiger partial charge in [-0.3, -0.25) is 0 Å². The largest absolute Gasteiger partial charge is 0.496 e. The fourth-order valence-corrected chi connectivity index (χ4v) is 2.77. The molecular weight excluding hydrogens is 318 g/mol. The maximum Gasteiger partial charge on any atom is 0.134 e. The third-order valence-corrected chi connectivity index (χ3v) is 3.83. The second kappa shape index (κ2) is 5.63. The molecule has 20 heavy (non-hydrogen) atoms. The standard InChI is InChI=1S/C15H14BrN3O/c1-20-13-7-3-2-5-11(13)8-9-14-18-15(16)12-6-4-10-17-19(12)14/h2-7,10H,8-9H2,1H3. The van der Waals surface area contributed by atoms with Gasteiger partial charge in [0, 0.05) is 12.6 Å². The number of benzene rings is 1. The number of ether oxygens (including phenoxy) is 1. The first-order chi connectivity index (χ1) is 9.79. The molecule has 0 amide bonds. The summed E-state index contributed by atoms with van der Waals surface area (Å²) in [5.41, 5.74) is 2.17. The number of methoxy groups -OCH3 is 1. The molecule has 3 rings (SSSR count). The summed E-state index contributed by atoms with van der Waals surface area (Å²) in [4.78, 5) is 4.54. The molecule has 0 bridgehead atoms. The van der Waals surface area contributed by atoms with Crippen molar-refractivity contribution in [2.75, 3.05) is 7.11 Å². The highest BCUT2D eigenvalue weighted by Gasteiger charge is 2.10. The van der Waals surface area contributed by atoms with Crippen molar-refractivity contribution in [1.29, 1.82) is 0 Å². The van der Waals surface area contributed by atoms with Crippen molar-refractivity contribution in [3.63, 3.8) is 0 Å². The monoisotopic (exact) mass is 331 g/mol. The van der Waals surface area contributed by atoms with Crippen LogP contribution in [-0.4, -0.2) is 21.7 Å². The Kier molecular flexibility index (Phi) is 3.69. The lowest BCUT2D eigenvalue weighted by atomic mass is 10.1. The average molecular weight is 332 g/mol. The van der Waals surface area contributed by atoms with E-state index in [-0.39, 0.29) is 0 Å². The SMILES string of the molecule is COc1ccccc1CCc1nc(Br)c2cccnn12. The quantitative estimate of drug-likeness (QED) is 0.736. The van der Waals surface area contributed by atoms with Crippen molar-refractivity contribution in [3.8, 4) is 5.75 Å². The zero-order valence-corrected chi connectivity index (χ0v) is 12.7. The molecule has 5 heteroatoms. The molecular formula is C15H14BrN3O. The Labute approximate surface area is 125 Å². The molecule has 2 heterocycles. The lowest BCUT2D eigenvalue weighted by Crippen LogP contribution is -2.01. The number of fused-ring (bicyclic) bond motifs is 1. The van der Waals surface area contributed by atoms with E-state index in [9.17, 15) is 0 Å². The molecule has 0 saturated heterocycles. The van der Waals surface area contributed by atoms with Crippen LogP contribution < -0.4 is 4.74 Å². The van der Waals surface area contributed by atoms with E-state index in [2.05, 4.69) is 32.1 Å². The van der Waals surface area contributed by atoms with Gasteiger partial charge in [-0.25, -0.2) is 9.50 Å². The molecule has 0 aliphatic heterocycles. The van der Waals surface area contributed by atoms with Crippen LogP contribution in [0.4, 0.5) is 0 Å². The molecule has 0 saturated carbocycles. The summed E-state index contributed by atoms with van der Waals surface area (Å²) in [6.45, 7) is 0. The van der Waals surface area contributed by atoms with Gasteiger partial charge in [-0.15, -0.1) is 0 Å². The lowest BCUT2D eigenvalue weighted by Gasteiger charge is -2.07. The third-order valence-electron chi connectivity index (χ3n) is 3.24. The van der Waals surface area contributed by atoms with Gasteiger partial charge in [0.2, 0.25) is 0 Å². The summed E-state index contributed by atoms with van der Waals surface area (Å²) in [6.07, 6.45) is 3.45. The van der Waals surface area contributed by atoms with Gasteiger partial charge >= 0.3 is 0 Å². The van der Waals surface area contributed by atoms with Crippen LogP contribution in [0.1, 0.15) is 11.4 Å². The van der Waals surface area contributed by atoms with Crippen LogP contribution in [0.5, 0.6) is 5.75 Å². The minimum Gasteiger partial charge on any atom is -0.496 e. The van der Waals surface area contributed by atoms with Crippen LogP contribution in [0.15, 0.2) is 47.2 Å². The zero-order valence-electron chi connectivity index (χ0n) is 11.1. The van der Waals surface area contributed by atoms with E-state index in [0.717, 1.165) is 34.5 Å². The zero-order chi connectivity index (χ0) is 13.9. The summed E-state index contributed by atoms with van der Waals surface area (Å²) >= 11 is 3.48. The summed E-state index contributed by atoms with van der Waals surface area (Å²) < 4.78 is 8.08. The van der Waals surface area contributed by atoms with Crippen LogP contribution in [0, 0.1) is 0 Å². The average Bonchev–Trinajstić information content (AvgIpc) is 2.82. The van der Waals surface area contributed by atoms with Gasteiger partial charge in [-0.1, -0.05) is 18.2 Å². The topological polar surface area (TPSA) is 39.4 Å². The van der Waals surface area contributed by atoms with E-state index >= 15 is 0 Å². The van der Waals surface area contributed by atoms with Crippen LogP contribution in [-0.2, 0) is 12.8 Å². The molecule has 0 atom stereocenters. The lowest BCUT2D eigenvalue weighted by molar-refractivity contribution is 0.409. The number of hydrogen-bond donors (Lipinski definition) is 0. The first-order valence-electron chi connectivity index (χ1n) is 6.39. The predicted octanol–water partition coefficient (Wildman–Crippen LogP) is 3.29. The molecule has 4 nitrogen and oxygen atoms in total. The van der Waals surface area contributed by atoms with E-state index in [1.54, 1.807) is 13.3 Å². The number of nitrogens with zero attached hydrogens (tertiary/aromatic N) is 3. The van der Waals surface area contributed by atoms with Gasteiger partial charge in [0.05, 0.1) is 12.6 Å². The van der Waals surface area contributed by atoms with Crippen molar-refractivity contribution in [1.82, 2.24) is 14.6 Å². The Bertz CT molecular complexity index is 739. The van der Waals surface area contributed by atoms with E-state index < -0.39 is 0 Å². The second-order valence-electron chi connectivity index (χ2n) is 4.45. The van der Waals surface area contributed by atoms with Crippen molar-refractivity contribution in [2.24, 2.45) is 0 Å². The fraction of sp³-hybridized carbons (Fsp3) is 0.200. The Balaban J connectivity index is 1.87. The number of hydrogen-bond acceptors (Lipinski definition) is 3. The minimum absolute atomic E-state index is 0.810. The summed E-state index contributed by atoms with van der Waals surface area (Å²) in [5, 5.41) is 4.35. The highest BCUT2D eigenvalue weighted by molar-refractivity contribution is 9.10. The van der Waals surface area contributed by atoms with E-state index in [1.165, 1.54) is 5.56 Å². The number of imidazole rings is 1. The maximum atomic E-state index is 5.37. The van der Waals surface area contributed by atoms with E-state index in [0.29, 0.717) is 0 Å². The van der Waals surface area contributed by atoms with Gasteiger partial charge in [-0.2, -0.15) is 5.10 Å². The highest BCUT2D eigenvalue weighted by Crippen LogP contribution is 2.21. The molecule has 0 aliphatic rings. The molecule has 3 aromatic rings. The predicted molar refractivity (Wildman–Crippen MR) is 81.1 cm³/mol. The molecule has 0 N–H and O–H groups in total. The van der Waals surface area contributed by atoms with E-state index in [4.69, 9.17) is 4.74 Å². The number of aromatic nitrogens is 3. The summed E-state index contributed by atoms with van der Waals surface area (Å²) in [6, 6.07) is 12.0. The summed E-state index contributed by atoms with van der Waals surface area (Å²) in [7, 11) is 1.70. The van der Waals surface area contributed by atoms with Gasteiger partial charge in [0.25, 0.3) is 0 Å². The number of para-hydroxylation sites is 1.